The number of pyridine rings is 1. The molecular weight excluding hydrogens is 266 g/mol. The average molecular weight is 291 g/mol. The second-order valence-corrected chi connectivity index (χ2v) is 6.49. The van der Waals surface area contributed by atoms with Gasteiger partial charge in [0.1, 0.15) is 5.60 Å². The van der Waals surface area contributed by atoms with Crippen molar-refractivity contribution < 1.29 is 9.53 Å². The number of hydrogen-bond acceptors (Lipinski definition) is 4. The summed E-state index contributed by atoms with van der Waals surface area (Å²) in [5.41, 5.74) is 7.53. The summed E-state index contributed by atoms with van der Waals surface area (Å²) in [6.07, 6.45) is 3.40. The lowest BCUT2D eigenvalue weighted by Crippen LogP contribution is -2.41. The van der Waals surface area contributed by atoms with Crippen molar-refractivity contribution in [1.82, 2.24) is 9.88 Å². The molecule has 1 saturated heterocycles. The van der Waals surface area contributed by atoms with Gasteiger partial charge >= 0.3 is 6.09 Å². The highest BCUT2D eigenvalue weighted by Gasteiger charge is 2.28. The summed E-state index contributed by atoms with van der Waals surface area (Å²) in [7, 11) is 0. The van der Waals surface area contributed by atoms with Gasteiger partial charge in [-0.05, 0) is 45.2 Å². The number of nitrogens with two attached hydrogens (primary N) is 1. The van der Waals surface area contributed by atoms with E-state index in [0.29, 0.717) is 25.6 Å². The fourth-order valence-corrected chi connectivity index (χ4v) is 2.65. The van der Waals surface area contributed by atoms with E-state index in [-0.39, 0.29) is 6.09 Å². The Balaban J connectivity index is 1.96. The molecule has 1 aliphatic heterocycles. The third-order valence-electron chi connectivity index (χ3n) is 3.68. The Bertz CT molecular complexity index is 489. The summed E-state index contributed by atoms with van der Waals surface area (Å²) in [5, 5.41) is 0. The van der Waals surface area contributed by atoms with Crippen LogP contribution in [0.4, 0.5) is 4.79 Å². The molecule has 0 bridgehead atoms. The SMILES string of the molecule is CC(C)(C)OC(=O)N1CCC(c2ncccc2CN)CC1. The predicted octanol–water partition coefficient (Wildman–Crippen LogP) is 2.65. The summed E-state index contributed by atoms with van der Waals surface area (Å²) < 4.78 is 5.41. The molecule has 0 saturated carbocycles. The van der Waals surface area contributed by atoms with Crippen LogP contribution in [0.15, 0.2) is 18.3 Å². The molecule has 0 atom stereocenters. The first-order chi connectivity index (χ1) is 9.90. The topological polar surface area (TPSA) is 68.5 Å². The largest absolute Gasteiger partial charge is 0.444 e. The number of ether oxygens (including phenoxy) is 1. The van der Waals surface area contributed by atoms with Crippen LogP contribution in [0, 0.1) is 0 Å². The van der Waals surface area contributed by atoms with Gasteiger partial charge in [0.2, 0.25) is 0 Å². The first kappa shape index (κ1) is 15.8. The van der Waals surface area contributed by atoms with E-state index in [4.69, 9.17) is 10.5 Å². The minimum absolute atomic E-state index is 0.221. The number of piperidine rings is 1. The first-order valence-electron chi connectivity index (χ1n) is 7.52. The molecule has 5 nitrogen and oxygen atoms in total. The van der Waals surface area contributed by atoms with Gasteiger partial charge in [-0.1, -0.05) is 6.07 Å². The molecule has 1 amide bonds. The Kier molecular flexibility index (Phi) is 4.83. The highest BCUT2D eigenvalue weighted by Crippen LogP contribution is 2.29. The van der Waals surface area contributed by atoms with Crippen molar-refractivity contribution >= 4 is 6.09 Å². The number of carbonyl (C=O) groups is 1. The maximum Gasteiger partial charge on any atom is 0.410 e. The van der Waals surface area contributed by atoms with Gasteiger partial charge in [-0.3, -0.25) is 4.98 Å². The molecule has 0 aliphatic carbocycles. The van der Waals surface area contributed by atoms with Crippen LogP contribution in [0.25, 0.3) is 0 Å². The van der Waals surface area contributed by atoms with Crippen molar-refractivity contribution in [3.05, 3.63) is 29.6 Å². The van der Waals surface area contributed by atoms with E-state index in [1.807, 2.05) is 39.1 Å². The zero-order chi connectivity index (χ0) is 15.5. The standard InChI is InChI=1S/C16H25N3O2/c1-16(2,3)21-15(20)19-9-6-12(7-10-19)14-13(11-17)5-4-8-18-14/h4-5,8,12H,6-7,9-11,17H2,1-3H3. The van der Waals surface area contributed by atoms with Gasteiger partial charge in [0.05, 0.1) is 0 Å². The molecule has 1 aromatic heterocycles. The summed E-state index contributed by atoms with van der Waals surface area (Å²) in [6, 6.07) is 3.95. The number of amides is 1. The van der Waals surface area contributed by atoms with E-state index in [1.165, 1.54) is 0 Å². The molecule has 0 spiro atoms. The predicted molar refractivity (Wildman–Crippen MR) is 81.9 cm³/mol. The van der Waals surface area contributed by atoms with Crippen LogP contribution in [-0.4, -0.2) is 34.7 Å². The zero-order valence-corrected chi connectivity index (χ0v) is 13.1. The number of likely N-dealkylation sites (tertiary alicyclic amines) is 1. The van der Waals surface area contributed by atoms with Crippen molar-refractivity contribution in [2.75, 3.05) is 13.1 Å². The third kappa shape index (κ3) is 4.17. The van der Waals surface area contributed by atoms with E-state index < -0.39 is 5.60 Å². The summed E-state index contributed by atoms with van der Waals surface area (Å²) in [6.45, 7) is 7.59. The number of rotatable bonds is 2. The smallest absolute Gasteiger partial charge is 0.410 e. The molecule has 1 fully saturated rings. The molecule has 116 valence electrons. The third-order valence-corrected chi connectivity index (χ3v) is 3.68. The van der Waals surface area contributed by atoms with Crippen LogP contribution >= 0.6 is 0 Å². The van der Waals surface area contributed by atoms with E-state index in [2.05, 4.69) is 4.98 Å². The average Bonchev–Trinajstić information content (AvgIpc) is 2.45. The molecule has 2 rings (SSSR count). The van der Waals surface area contributed by atoms with Gasteiger partial charge in [-0.2, -0.15) is 0 Å². The van der Waals surface area contributed by atoms with Crippen LogP contribution in [-0.2, 0) is 11.3 Å². The fraction of sp³-hybridized carbons (Fsp3) is 0.625. The van der Waals surface area contributed by atoms with E-state index >= 15 is 0 Å². The zero-order valence-electron chi connectivity index (χ0n) is 13.1. The van der Waals surface area contributed by atoms with Gasteiger partial charge < -0.3 is 15.4 Å². The minimum atomic E-state index is -0.443. The van der Waals surface area contributed by atoms with E-state index in [9.17, 15) is 4.79 Å². The van der Waals surface area contributed by atoms with Crippen LogP contribution in [0.1, 0.15) is 50.8 Å². The maximum atomic E-state index is 12.0. The first-order valence-corrected chi connectivity index (χ1v) is 7.52. The van der Waals surface area contributed by atoms with Gasteiger partial charge in [-0.15, -0.1) is 0 Å². The lowest BCUT2D eigenvalue weighted by molar-refractivity contribution is 0.0204. The monoisotopic (exact) mass is 291 g/mol. The van der Waals surface area contributed by atoms with E-state index in [0.717, 1.165) is 24.1 Å². The van der Waals surface area contributed by atoms with Gasteiger partial charge in [-0.25, -0.2) is 4.79 Å². The second-order valence-electron chi connectivity index (χ2n) is 6.49. The number of nitrogens with zero attached hydrogens (tertiary/aromatic N) is 2. The maximum absolute atomic E-state index is 12.0. The van der Waals surface area contributed by atoms with Crippen molar-refractivity contribution in [3.63, 3.8) is 0 Å². The van der Waals surface area contributed by atoms with Gasteiger partial charge in [0.25, 0.3) is 0 Å². The van der Waals surface area contributed by atoms with Crippen molar-refractivity contribution in [2.45, 2.75) is 51.7 Å². The van der Waals surface area contributed by atoms with Crippen molar-refractivity contribution in [2.24, 2.45) is 5.73 Å². The van der Waals surface area contributed by atoms with Crippen LogP contribution < -0.4 is 5.73 Å². The Morgan fingerprint density at radius 1 is 1.43 bits per heavy atom. The van der Waals surface area contributed by atoms with Crippen LogP contribution in [0.5, 0.6) is 0 Å². The molecule has 0 unspecified atom stereocenters. The molecular formula is C16H25N3O2. The Hall–Kier alpha value is -1.62. The van der Waals surface area contributed by atoms with Crippen molar-refractivity contribution in [1.29, 1.82) is 0 Å². The van der Waals surface area contributed by atoms with Crippen LogP contribution in [0.2, 0.25) is 0 Å². The fourth-order valence-electron chi connectivity index (χ4n) is 2.65. The highest BCUT2D eigenvalue weighted by atomic mass is 16.6. The number of hydrogen-bond donors (Lipinski definition) is 1. The molecule has 2 heterocycles. The molecule has 2 N–H and O–H groups in total. The molecule has 1 aliphatic rings. The Labute approximate surface area is 126 Å². The van der Waals surface area contributed by atoms with Gasteiger partial charge in [0, 0.05) is 37.4 Å². The van der Waals surface area contributed by atoms with Crippen molar-refractivity contribution in [3.8, 4) is 0 Å². The molecule has 0 aromatic carbocycles. The second kappa shape index (κ2) is 6.43. The Morgan fingerprint density at radius 2 is 2.10 bits per heavy atom. The quantitative estimate of drug-likeness (QED) is 0.909. The lowest BCUT2D eigenvalue weighted by Gasteiger charge is -2.33. The number of aromatic nitrogens is 1. The molecule has 5 heteroatoms. The highest BCUT2D eigenvalue weighted by molar-refractivity contribution is 5.68. The van der Waals surface area contributed by atoms with E-state index in [1.54, 1.807) is 4.90 Å². The summed E-state index contributed by atoms with van der Waals surface area (Å²) >= 11 is 0. The van der Waals surface area contributed by atoms with Gasteiger partial charge in [0.15, 0.2) is 0 Å². The summed E-state index contributed by atoms with van der Waals surface area (Å²) in [5.74, 6) is 0.378. The number of carbonyl (C=O) groups excluding carboxylic acids is 1. The molecule has 1 aromatic rings. The molecule has 21 heavy (non-hydrogen) atoms. The Morgan fingerprint density at radius 3 is 2.67 bits per heavy atom. The molecule has 0 radical (unpaired) electrons. The minimum Gasteiger partial charge on any atom is -0.444 e. The normalized spacial score (nSPS) is 16.9. The van der Waals surface area contributed by atoms with Crippen LogP contribution in [0.3, 0.4) is 0 Å². The lowest BCUT2D eigenvalue weighted by atomic mass is 9.90. The summed E-state index contributed by atoms with van der Waals surface area (Å²) in [4.78, 5) is 18.3.